The van der Waals surface area contributed by atoms with Crippen LogP contribution in [0.3, 0.4) is 0 Å². The predicted octanol–water partition coefficient (Wildman–Crippen LogP) is 5.12. The largest absolute Gasteiger partial charge is 0.103 e. The van der Waals surface area contributed by atoms with Crippen LogP contribution in [-0.4, -0.2) is 0 Å². The SMILES string of the molecule is C=CCc1cccc(-c2ccc(C)c(CC=C)c2)c1. The monoisotopic (exact) mass is 248 g/mol. The van der Waals surface area contributed by atoms with Crippen molar-refractivity contribution in [2.75, 3.05) is 0 Å². The summed E-state index contributed by atoms with van der Waals surface area (Å²) >= 11 is 0. The van der Waals surface area contributed by atoms with Crippen LogP contribution in [0.25, 0.3) is 11.1 Å². The third kappa shape index (κ3) is 3.23. The maximum atomic E-state index is 3.83. The highest BCUT2D eigenvalue weighted by Gasteiger charge is 2.02. The van der Waals surface area contributed by atoms with Crippen molar-refractivity contribution in [3.8, 4) is 11.1 Å². The van der Waals surface area contributed by atoms with Crippen molar-refractivity contribution in [3.05, 3.63) is 84.5 Å². The first-order valence-corrected chi connectivity index (χ1v) is 6.65. The summed E-state index contributed by atoms with van der Waals surface area (Å²) in [4.78, 5) is 0. The van der Waals surface area contributed by atoms with E-state index >= 15 is 0 Å². The van der Waals surface area contributed by atoms with Crippen LogP contribution in [0.5, 0.6) is 0 Å². The Kier molecular flexibility index (Phi) is 4.35. The van der Waals surface area contributed by atoms with E-state index in [9.17, 15) is 0 Å². The average molecular weight is 248 g/mol. The van der Waals surface area contributed by atoms with Crippen molar-refractivity contribution in [1.82, 2.24) is 0 Å². The van der Waals surface area contributed by atoms with Crippen molar-refractivity contribution in [1.29, 1.82) is 0 Å². The zero-order valence-electron chi connectivity index (χ0n) is 11.5. The van der Waals surface area contributed by atoms with Crippen molar-refractivity contribution in [2.24, 2.45) is 0 Å². The summed E-state index contributed by atoms with van der Waals surface area (Å²) in [5.74, 6) is 0. The molecule has 0 N–H and O–H groups in total. The number of allylic oxidation sites excluding steroid dienone is 2. The molecular formula is C19H20. The molecule has 0 aromatic heterocycles. The molecule has 0 aliphatic heterocycles. The van der Waals surface area contributed by atoms with Gasteiger partial charge in [0.05, 0.1) is 0 Å². The van der Waals surface area contributed by atoms with Crippen LogP contribution in [0, 0.1) is 6.92 Å². The fourth-order valence-corrected chi connectivity index (χ4v) is 2.27. The lowest BCUT2D eigenvalue weighted by molar-refractivity contribution is 1.22. The van der Waals surface area contributed by atoms with Crippen LogP contribution in [-0.2, 0) is 12.8 Å². The summed E-state index contributed by atoms with van der Waals surface area (Å²) in [5, 5.41) is 0. The summed E-state index contributed by atoms with van der Waals surface area (Å²) in [6, 6.07) is 15.3. The first-order chi connectivity index (χ1) is 9.24. The van der Waals surface area contributed by atoms with E-state index in [1.54, 1.807) is 0 Å². The lowest BCUT2D eigenvalue weighted by atomic mass is 9.96. The Morgan fingerprint density at radius 1 is 0.895 bits per heavy atom. The van der Waals surface area contributed by atoms with Crippen molar-refractivity contribution >= 4 is 0 Å². The van der Waals surface area contributed by atoms with E-state index in [4.69, 9.17) is 0 Å². The van der Waals surface area contributed by atoms with Gasteiger partial charge in [-0.25, -0.2) is 0 Å². The van der Waals surface area contributed by atoms with Crippen LogP contribution < -0.4 is 0 Å². The Morgan fingerprint density at radius 2 is 1.63 bits per heavy atom. The maximum absolute atomic E-state index is 3.83. The first-order valence-electron chi connectivity index (χ1n) is 6.65. The van der Waals surface area contributed by atoms with Gasteiger partial charge in [0.25, 0.3) is 0 Å². The lowest BCUT2D eigenvalue weighted by Crippen LogP contribution is -1.89. The van der Waals surface area contributed by atoms with Gasteiger partial charge in [0, 0.05) is 0 Å². The molecule has 0 fully saturated rings. The molecule has 0 radical (unpaired) electrons. The standard InChI is InChI=1S/C19H20/c1-4-7-16-9-6-10-18(13-16)19-12-11-15(3)17(14-19)8-5-2/h4-6,9-14H,1-2,7-8H2,3H3. The molecule has 96 valence electrons. The number of benzene rings is 2. The predicted molar refractivity (Wildman–Crippen MR) is 84.4 cm³/mol. The molecule has 0 heterocycles. The van der Waals surface area contributed by atoms with Gasteiger partial charge in [-0.15, -0.1) is 13.2 Å². The second kappa shape index (κ2) is 6.19. The van der Waals surface area contributed by atoms with Gasteiger partial charge in [-0.3, -0.25) is 0 Å². The van der Waals surface area contributed by atoms with Gasteiger partial charge in [0.2, 0.25) is 0 Å². The third-order valence-electron chi connectivity index (χ3n) is 3.35. The molecule has 0 heteroatoms. The second-order valence-electron chi connectivity index (χ2n) is 4.83. The molecule has 0 nitrogen and oxygen atoms in total. The molecule has 0 spiro atoms. The molecule has 0 atom stereocenters. The van der Waals surface area contributed by atoms with E-state index < -0.39 is 0 Å². The summed E-state index contributed by atoms with van der Waals surface area (Å²) in [7, 11) is 0. The van der Waals surface area contributed by atoms with E-state index in [0.29, 0.717) is 0 Å². The molecule has 0 unspecified atom stereocenters. The molecule has 0 aliphatic carbocycles. The Hall–Kier alpha value is -2.08. The van der Waals surface area contributed by atoms with Crippen LogP contribution in [0.2, 0.25) is 0 Å². The Bertz CT molecular complexity index is 591. The van der Waals surface area contributed by atoms with Crippen LogP contribution in [0.4, 0.5) is 0 Å². The van der Waals surface area contributed by atoms with Gasteiger partial charge < -0.3 is 0 Å². The van der Waals surface area contributed by atoms with Crippen molar-refractivity contribution < 1.29 is 0 Å². The smallest absolute Gasteiger partial charge is 0.00973 e. The third-order valence-corrected chi connectivity index (χ3v) is 3.35. The van der Waals surface area contributed by atoms with Crippen LogP contribution in [0.15, 0.2) is 67.8 Å². The summed E-state index contributed by atoms with van der Waals surface area (Å²) in [5.41, 5.74) is 6.52. The van der Waals surface area contributed by atoms with Gasteiger partial charge in [-0.2, -0.15) is 0 Å². The highest BCUT2D eigenvalue weighted by atomic mass is 14.1. The molecule has 0 saturated carbocycles. The Morgan fingerprint density at radius 3 is 2.37 bits per heavy atom. The summed E-state index contributed by atoms with van der Waals surface area (Å²) in [6.07, 6.45) is 5.74. The van der Waals surface area contributed by atoms with Gasteiger partial charge in [0.1, 0.15) is 0 Å². The number of rotatable bonds is 5. The molecule has 2 aromatic rings. The topological polar surface area (TPSA) is 0 Å². The maximum Gasteiger partial charge on any atom is -0.00973 e. The minimum Gasteiger partial charge on any atom is -0.103 e. The minimum absolute atomic E-state index is 0.916. The van der Waals surface area contributed by atoms with Gasteiger partial charge >= 0.3 is 0 Å². The fourth-order valence-electron chi connectivity index (χ4n) is 2.27. The van der Waals surface area contributed by atoms with E-state index in [1.165, 1.54) is 27.8 Å². The van der Waals surface area contributed by atoms with Crippen LogP contribution >= 0.6 is 0 Å². The van der Waals surface area contributed by atoms with E-state index in [2.05, 4.69) is 62.5 Å². The van der Waals surface area contributed by atoms with E-state index in [1.807, 2.05) is 12.2 Å². The van der Waals surface area contributed by atoms with Gasteiger partial charge in [-0.05, 0) is 47.6 Å². The highest BCUT2D eigenvalue weighted by Crippen LogP contribution is 2.24. The minimum atomic E-state index is 0.916. The fraction of sp³-hybridized carbons (Fsp3) is 0.158. The molecule has 0 bridgehead atoms. The second-order valence-corrected chi connectivity index (χ2v) is 4.83. The molecule has 2 aromatic carbocycles. The molecule has 0 saturated heterocycles. The molecule has 0 amide bonds. The Balaban J connectivity index is 2.40. The molecular weight excluding hydrogens is 228 g/mol. The van der Waals surface area contributed by atoms with Crippen LogP contribution in [0.1, 0.15) is 16.7 Å². The quantitative estimate of drug-likeness (QED) is 0.644. The number of hydrogen-bond acceptors (Lipinski definition) is 0. The zero-order valence-corrected chi connectivity index (χ0v) is 11.5. The molecule has 0 aliphatic rings. The number of hydrogen-bond donors (Lipinski definition) is 0. The lowest BCUT2D eigenvalue weighted by Gasteiger charge is -2.09. The normalized spacial score (nSPS) is 10.2. The average Bonchev–Trinajstić information content (AvgIpc) is 2.42. The first kappa shape index (κ1) is 13.4. The zero-order chi connectivity index (χ0) is 13.7. The molecule has 2 rings (SSSR count). The van der Waals surface area contributed by atoms with Gasteiger partial charge in [-0.1, -0.05) is 54.6 Å². The number of aryl methyl sites for hydroxylation is 1. The van der Waals surface area contributed by atoms with E-state index in [-0.39, 0.29) is 0 Å². The van der Waals surface area contributed by atoms with E-state index in [0.717, 1.165) is 12.8 Å². The van der Waals surface area contributed by atoms with Crippen molar-refractivity contribution in [2.45, 2.75) is 19.8 Å². The van der Waals surface area contributed by atoms with Gasteiger partial charge in [0.15, 0.2) is 0 Å². The molecule has 19 heavy (non-hydrogen) atoms. The Labute approximate surface area is 116 Å². The summed E-state index contributed by atoms with van der Waals surface area (Å²) < 4.78 is 0. The van der Waals surface area contributed by atoms with Crippen molar-refractivity contribution in [3.63, 3.8) is 0 Å². The highest BCUT2D eigenvalue weighted by molar-refractivity contribution is 5.65. The summed E-state index contributed by atoms with van der Waals surface area (Å²) in [6.45, 7) is 9.77.